The Kier molecular flexibility index (Phi) is 7.85. The van der Waals surface area contributed by atoms with Crippen molar-refractivity contribution in [3.63, 3.8) is 0 Å². The van der Waals surface area contributed by atoms with E-state index >= 15 is 0 Å². The Morgan fingerprint density at radius 1 is 0.296 bits per heavy atom. The van der Waals surface area contributed by atoms with Gasteiger partial charge in [0.15, 0.2) is 0 Å². The standard InChI is InChI=1S/C52H36N2/c1-3-18-38(19-4-1)43-25-9-12-29-47(43)54(51-33-16-15-32-50(51)53-48-30-13-10-26-45(48)46-27-11-14-31-49(46)53)52-36-40(34-35-44(52)39-20-5-2-6-21-39)42-28-17-23-37-22-7-8-24-41(37)42/h1-36H. The summed E-state index contributed by atoms with van der Waals surface area (Å²) in [4.78, 5) is 2.50. The van der Waals surface area contributed by atoms with Gasteiger partial charge in [-0.05, 0) is 69.4 Å². The number of hydrogen-bond acceptors (Lipinski definition) is 1. The molecule has 0 bridgehead atoms. The Labute approximate surface area is 315 Å². The minimum atomic E-state index is 1.08. The van der Waals surface area contributed by atoms with Crippen molar-refractivity contribution < 1.29 is 0 Å². The van der Waals surface area contributed by atoms with Crippen molar-refractivity contribution in [1.29, 1.82) is 0 Å². The molecule has 0 aliphatic carbocycles. The summed E-state index contributed by atoms with van der Waals surface area (Å²) in [5.41, 5.74) is 13.8. The van der Waals surface area contributed by atoms with Crippen LogP contribution in [-0.2, 0) is 0 Å². The number of para-hydroxylation sites is 5. The maximum Gasteiger partial charge on any atom is 0.0702 e. The fourth-order valence-corrected chi connectivity index (χ4v) is 8.17. The van der Waals surface area contributed by atoms with Crippen LogP contribution in [-0.4, -0.2) is 4.57 Å². The number of aromatic nitrogens is 1. The molecule has 0 unspecified atom stereocenters. The fraction of sp³-hybridized carbons (Fsp3) is 0. The van der Waals surface area contributed by atoms with Crippen LogP contribution < -0.4 is 4.90 Å². The van der Waals surface area contributed by atoms with Crippen molar-refractivity contribution in [3.8, 4) is 39.1 Å². The molecule has 0 atom stereocenters. The molecule has 0 spiro atoms. The number of anilines is 3. The Bertz CT molecular complexity index is 2880. The first-order valence-corrected chi connectivity index (χ1v) is 18.5. The lowest BCUT2D eigenvalue weighted by Crippen LogP contribution is -2.15. The van der Waals surface area contributed by atoms with Crippen LogP contribution in [0.2, 0.25) is 0 Å². The zero-order valence-electron chi connectivity index (χ0n) is 29.7. The van der Waals surface area contributed by atoms with Crippen molar-refractivity contribution in [2.24, 2.45) is 0 Å². The van der Waals surface area contributed by atoms with Gasteiger partial charge < -0.3 is 9.47 Å². The molecule has 54 heavy (non-hydrogen) atoms. The third-order valence-electron chi connectivity index (χ3n) is 10.6. The van der Waals surface area contributed by atoms with Crippen LogP contribution in [0.15, 0.2) is 218 Å². The first-order valence-electron chi connectivity index (χ1n) is 18.5. The van der Waals surface area contributed by atoms with Crippen molar-refractivity contribution in [2.45, 2.75) is 0 Å². The van der Waals surface area contributed by atoms with Gasteiger partial charge >= 0.3 is 0 Å². The summed E-state index contributed by atoms with van der Waals surface area (Å²) in [5.74, 6) is 0. The lowest BCUT2D eigenvalue weighted by Gasteiger charge is -2.32. The Morgan fingerprint density at radius 2 is 0.796 bits per heavy atom. The summed E-state index contributed by atoms with van der Waals surface area (Å²) in [5, 5.41) is 4.94. The van der Waals surface area contributed by atoms with Crippen LogP contribution in [0.4, 0.5) is 17.1 Å². The number of benzene rings is 9. The Morgan fingerprint density at radius 3 is 1.50 bits per heavy atom. The number of rotatable bonds is 7. The van der Waals surface area contributed by atoms with Gasteiger partial charge in [0, 0.05) is 21.9 Å². The van der Waals surface area contributed by atoms with Crippen molar-refractivity contribution in [3.05, 3.63) is 218 Å². The molecule has 10 aromatic rings. The number of nitrogens with zero attached hydrogens (tertiary/aromatic N) is 2. The van der Waals surface area contributed by atoms with E-state index in [1.165, 1.54) is 43.7 Å². The average Bonchev–Trinajstić information content (AvgIpc) is 3.59. The maximum atomic E-state index is 2.50. The van der Waals surface area contributed by atoms with Gasteiger partial charge in [-0.15, -0.1) is 0 Å². The Hall–Kier alpha value is -7.16. The smallest absolute Gasteiger partial charge is 0.0702 e. The summed E-state index contributed by atoms with van der Waals surface area (Å²) >= 11 is 0. The van der Waals surface area contributed by atoms with Gasteiger partial charge in [-0.1, -0.05) is 182 Å². The molecule has 1 aromatic heterocycles. The average molecular weight is 689 g/mol. The molecular formula is C52H36N2. The van der Waals surface area contributed by atoms with Gasteiger partial charge in [0.25, 0.3) is 0 Å². The molecule has 9 aromatic carbocycles. The van der Waals surface area contributed by atoms with Crippen LogP contribution >= 0.6 is 0 Å². The van der Waals surface area contributed by atoms with E-state index in [-0.39, 0.29) is 0 Å². The second-order valence-electron chi connectivity index (χ2n) is 13.7. The molecular weight excluding hydrogens is 653 g/mol. The lowest BCUT2D eigenvalue weighted by atomic mass is 9.93. The van der Waals surface area contributed by atoms with Gasteiger partial charge in [0.1, 0.15) is 0 Å². The predicted molar refractivity (Wildman–Crippen MR) is 229 cm³/mol. The van der Waals surface area contributed by atoms with E-state index in [0.29, 0.717) is 0 Å². The molecule has 0 saturated carbocycles. The van der Waals surface area contributed by atoms with Crippen LogP contribution in [0.5, 0.6) is 0 Å². The molecule has 254 valence electrons. The summed E-state index contributed by atoms with van der Waals surface area (Å²) in [6.07, 6.45) is 0. The molecule has 0 aliphatic rings. The van der Waals surface area contributed by atoms with E-state index in [1.54, 1.807) is 0 Å². The molecule has 10 rings (SSSR count). The summed E-state index contributed by atoms with van der Waals surface area (Å²) in [7, 11) is 0. The second kappa shape index (κ2) is 13.4. The molecule has 2 heteroatoms. The molecule has 0 amide bonds. The van der Waals surface area contributed by atoms with Crippen molar-refractivity contribution >= 4 is 49.6 Å². The first kappa shape index (κ1) is 31.6. The predicted octanol–water partition coefficient (Wildman–Crippen LogP) is 14.4. The van der Waals surface area contributed by atoms with E-state index in [0.717, 1.165) is 45.0 Å². The zero-order chi connectivity index (χ0) is 35.8. The lowest BCUT2D eigenvalue weighted by molar-refractivity contribution is 1.15. The molecule has 0 aliphatic heterocycles. The molecule has 0 N–H and O–H groups in total. The summed E-state index contributed by atoms with van der Waals surface area (Å²) in [6.45, 7) is 0. The van der Waals surface area contributed by atoms with E-state index in [9.17, 15) is 0 Å². The van der Waals surface area contributed by atoms with Gasteiger partial charge in [0.05, 0.1) is 33.8 Å². The first-order chi connectivity index (χ1) is 26.8. The summed E-state index contributed by atoms with van der Waals surface area (Å²) < 4.78 is 2.44. The third kappa shape index (κ3) is 5.36. The van der Waals surface area contributed by atoms with Crippen LogP contribution in [0.25, 0.3) is 71.6 Å². The maximum absolute atomic E-state index is 2.50. The van der Waals surface area contributed by atoms with Gasteiger partial charge in [-0.25, -0.2) is 0 Å². The zero-order valence-corrected chi connectivity index (χ0v) is 29.7. The molecule has 0 fully saturated rings. The van der Waals surface area contributed by atoms with Crippen LogP contribution in [0.3, 0.4) is 0 Å². The quantitative estimate of drug-likeness (QED) is 0.162. The van der Waals surface area contributed by atoms with E-state index in [1.807, 2.05) is 0 Å². The molecule has 2 nitrogen and oxygen atoms in total. The van der Waals surface area contributed by atoms with Crippen LogP contribution in [0.1, 0.15) is 0 Å². The highest BCUT2D eigenvalue weighted by Crippen LogP contribution is 2.49. The van der Waals surface area contributed by atoms with Crippen molar-refractivity contribution in [1.82, 2.24) is 4.57 Å². The SMILES string of the molecule is c1ccc(-c2ccccc2N(c2cc(-c3cccc4ccccc34)ccc2-c2ccccc2)c2ccccc2-n2c3ccccc3c3ccccc32)cc1. The van der Waals surface area contributed by atoms with Crippen LogP contribution in [0, 0.1) is 0 Å². The monoisotopic (exact) mass is 688 g/mol. The normalized spacial score (nSPS) is 11.3. The topological polar surface area (TPSA) is 8.17 Å². The third-order valence-corrected chi connectivity index (χ3v) is 10.6. The van der Waals surface area contributed by atoms with Gasteiger partial charge in [-0.2, -0.15) is 0 Å². The fourth-order valence-electron chi connectivity index (χ4n) is 8.17. The second-order valence-corrected chi connectivity index (χ2v) is 13.7. The van der Waals surface area contributed by atoms with Crippen molar-refractivity contribution in [2.75, 3.05) is 4.90 Å². The molecule has 0 radical (unpaired) electrons. The van der Waals surface area contributed by atoms with E-state index in [4.69, 9.17) is 0 Å². The highest BCUT2D eigenvalue weighted by Gasteiger charge is 2.25. The molecule has 0 saturated heterocycles. The minimum Gasteiger partial charge on any atom is -0.307 e. The largest absolute Gasteiger partial charge is 0.307 e. The van der Waals surface area contributed by atoms with E-state index in [2.05, 4.69) is 228 Å². The van der Waals surface area contributed by atoms with Gasteiger partial charge in [-0.3, -0.25) is 0 Å². The number of hydrogen-bond donors (Lipinski definition) is 0. The Balaban J connectivity index is 1.33. The van der Waals surface area contributed by atoms with E-state index < -0.39 is 0 Å². The highest BCUT2D eigenvalue weighted by molar-refractivity contribution is 6.10. The van der Waals surface area contributed by atoms with Gasteiger partial charge in [0.2, 0.25) is 0 Å². The minimum absolute atomic E-state index is 1.08. The highest BCUT2D eigenvalue weighted by atomic mass is 15.2. The molecule has 1 heterocycles. The summed E-state index contributed by atoms with van der Waals surface area (Å²) in [6, 6.07) is 79.0. The number of fused-ring (bicyclic) bond motifs is 4.